The highest BCUT2D eigenvalue weighted by Crippen LogP contribution is 2.38. The molecule has 214 valence electrons. The average Bonchev–Trinajstić information content (AvgIpc) is 3.37. The number of hydrogen-bond donors (Lipinski definition) is 3. The van der Waals surface area contributed by atoms with E-state index < -0.39 is 9.84 Å². The zero-order valence-corrected chi connectivity index (χ0v) is 24.6. The van der Waals surface area contributed by atoms with Crippen molar-refractivity contribution < 1.29 is 17.9 Å². The number of sulfone groups is 1. The smallest absolute Gasteiger partial charge is 0.204 e. The maximum absolute atomic E-state index is 13.1. The Kier molecular flexibility index (Phi) is 8.57. The number of ketones is 1. The Hall–Kier alpha value is -3.94. The molecule has 13 heteroatoms. The molecule has 0 unspecified atom stereocenters. The van der Waals surface area contributed by atoms with Gasteiger partial charge in [-0.25, -0.2) is 18.4 Å². The summed E-state index contributed by atoms with van der Waals surface area (Å²) in [6, 6.07) is 15.2. The SMILES string of the molecule is COc1c(Nc2cc(C)[nH]n2)nc(Sc2ccc(S(=O)(=O)Cc3cccc(C(C)=O)c3)cc2)nc1N1CCNCC1. The van der Waals surface area contributed by atoms with Crippen LogP contribution in [0.5, 0.6) is 5.75 Å². The van der Waals surface area contributed by atoms with Gasteiger partial charge in [0.2, 0.25) is 5.75 Å². The number of ether oxygens (including phenoxy) is 1. The monoisotopic (exact) mass is 593 g/mol. The number of aromatic nitrogens is 4. The van der Waals surface area contributed by atoms with Crippen LogP contribution in [0.15, 0.2) is 69.5 Å². The summed E-state index contributed by atoms with van der Waals surface area (Å²) in [5.74, 6) is 1.98. The highest BCUT2D eigenvalue weighted by Gasteiger charge is 2.23. The first-order valence-electron chi connectivity index (χ1n) is 13.0. The first kappa shape index (κ1) is 28.6. The van der Waals surface area contributed by atoms with Crippen LogP contribution in [0, 0.1) is 6.92 Å². The van der Waals surface area contributed by atoms with Crippen molar-refractivity contribution in [2.24, 2.45) is 0 Å². The zero-order chi connectivity index (χ0) is 29.0. The number of nitrogens with zero attached hydrogens (tertiary/aromatic N) is 4. The summed E-state index contributed by atoms with van der Waals surface area (Å²) in [5, 5.41) is 14.2. The Morgan fingerprint density at radius 3 is 2.51 bits per heavy atom. The number of methoxy groups -OCH3 is 1. The third-order valence-corrected chi connectivity index (χ3v) is 9.06. The molecule has 0 atom stereocenters. The fourth-order valence-corrected chi connectivity index (χ4v) is 6.52. The minimum Gasteiger partial charge on any atom is -0.490 e. The van der Waals surface area contributed by atoms with Crippen LogP contribution in [0.4, 0.5) is 17.5 Å². The van der Waals surface area contributed by atoms with E-state index in [1.807, 2.05) is 13.0 Å². The van der Waals surface area contributed by atoms with Crippen molar-refractivity contribution in [3.8, 4) is 5.75 Å². The number of hydrogen-bond acceptors (Lipinski definition) is 11. The van der Waals surface area contributed by atoms with Gasteiger partial charge in [-0.05, 0) is 61.5 Å². The standard InChI is InChI=1S/C28H31N7O4S2/c1-18-15-24(34-33-18)30-26-25(39-3)27(35-13-11-29-12-14-35)32-28(31-26)40-22-7-9-23(10-8-22)41(37,38)17-20-5-4-6-21(16-20)19(2)36/h4-10,15-16,29H,11-14,17H2,1-3H3,(H2,30,31,32,33,34). The summed E-state index contributed by atoms with van der Waals surface area (Å²) in [7, 11) is -2.02. The fourth-order valence-electron chi connectivity index (χ4n) is 4.43. The minimum absolute atomic E-state index is 0.107. The number of piperazine rings is 1. The molecule has 1 fully saturated rings. The van der Waals surface area contributed by atoms with Gasteiger partial charge in [0, 0.05) is 48.4 Å². The quantitative estimate of drug-likeness (QED) is 0.181. The molecule has 2 aromatic heterocycles. The largest absolute Gasteiger partial charge is 0.490 e. The Bertz CT molecular complexity index is 1650. The summed E-state index contributed by atoms with van der Waals surface area (Å²) in [4.78, 5) is 24.4. The number of Topliss-reactive ketones (excluding diaryl/α,β-unsaturated/α-hetero) is 1. The first-order valence-corrected chi connectivity index (χ1v) is 15.5. The van der Waals surface area contributed by atoms with Gasteiger partial charge in [-0.3, -0.25) is 9.89 Å². The Balaban J connectivity index is 1.40. The van der Waals surface area contributed by atoms with E-state index in [4.69, 9.17) is 14.7 Å². The summed E-state index contributed by atoms with van der Waals surface area (Å²) in [6.45, 7) is 6.55. The number of H-pyrrole nitrogens is 1. The van der Waals surface area contributed by atoms with Crippen molar-refractivity contribution >= 4 is 44.8 Å². The van der Waals surface area contributed by atoms with E-state index in [-0.39, 0.29) is 16.4 Å². The number of carbonyl (C=O) groups excluding carboxylic acids is 1. The van der Waals surface area contributed by atoms with Gasteiger partial charge < -0.3 is 20.3 Å². The number of benzene rings is 2. The highest BCUT2D eigenvalue weighted by molar-refractivity contribution is 7.99. The summed E-state index contributed by atoms with van der Waals surface area (Å²) in [6.07, 6.45) is 0. The molecule has 0 radical (unpaired) electrons. The van der Waals surface area contributed by atoms with Crippen LogP contribution in [0.25, 0.3) is 0 Å². The van der Waals surface area contributed by atoms with E-state index in [2.05, 4.69) is 25.7 Å². The second kappa shape index (κ2) is 12.3. The van der Waals surface area contributed by atoms with Gasteiger partial charge in [0.05, 0.1) is 17.8 Å². The van der Waals surface area contributed by atoms with E-state index in [1.165, 1.54) is 18.7 Å². The average molecular weight is 594 g/mol. The van der Waals surface area contributed by atoms with E-state index in [1.54, 1.807) is 55.6 Å². The first-order chi connectivity index (χ1) is 19.7. The lowest BCUT2D eigenvalue weighted by atomic mass is 10.1. The molecule has 0 spiro atoms. The number of anilines is 3. The number of rotatable bonds is 10. The van der Waals surface area contributed by atoms with Crippen LogP contribution in [0.1, 0.15) is 28.5 Å². The van der Waals surface area contributed by atoms with Crippen molar-refractivity contribution in [1.82, 2.24) is 25.5 Å². The molecular weight excluding hydrogens is 562 g/mol. The highest BCUT2D eigenvalue weighted by atomic mass is 32.2. The molecule has 0 amide bonds. The van der Waals surface area contributed by atoms with Gasteiger partial charge >= 0.3 is 0 Å². The third-order valence-electron chi connectivity index (χ3n) is 6.48. The predicted octanol–water partition coefficient (Wildman–Crippen LogP) is 4.00. The summed E-state index contributed by atoms with van der Waals surface area (Å²) >= 11 is 1.32. The second-order valence-corrected chi connectivity index (χ2v) is 12.6. The second-order valence-electron chi connectivity index (χ2n) is 9.60. The normalized spacial score (nSPS) is 13.7. The van der Waals surface area contributed by atoms with E-state index in [0.29, 0.717) is 39.5 Å². The lowest BCUT2D eigenvalue weighted by molar-refractivity contribution is 0.101. The molecule has 4 aromatic rings. The van der Waals surface area contributed by atoms with Gasteiger partial charge in [0.25, 0.3) is 0 Å². The molecule has 0 bridgehead atoms. The topological polar surface area (TPSA) is 142 Å². The number of carbonyl (C=O) groups is 1. The third kappa shape index (κ3) is 6.87. The van der Waals surface area contributed by atoms with Crippen LogP contribution in [0.2, 0.25) is 0 Å². The number of aryl methyl sites for hydroxylation is 1. The van der Waals surface area contributed by atoms with Gasteiger partial charge in [0.1, 0.15) is 0 Å². The molecule has 11 nitrogen and oxygen atoms in total. The van der Waals surface area contributed by atoms with Crippen LogP contribution in [-0.4, -0.2) is 67.7 Å². The summed E-state index contributed by atoms with van der Waals surface area (Å²) < 4.78 is 32.0. The zero-order valence-electron chi connectivity index (χ0n) is 23.0. The molecule has 41 heavy (non-hydrogen) atoms. The van der Waals surface area contributed by atoms with Gasteiger partial charge in [-0.15, -0.1) is 0 Å². The van der Waals surface area contributed by atoms with Crippen molar-refractivity contribution in [2.45, 2.75) is 34.5 Å². The van der Waals surface area contributed by atoms with Gasteiger partial charge in [-0.1, -0.05) is 18.2 Å². The molecule has 0 saturated carbocycles. The molecular formula is C28H31N7O4S2. The van der Waals surface area contributed by atoms with Gasteiger partial charge in [-0.2, -0.15) is 5.10 Å². The van der Waals surface area contributed by atoms with E-state index in [9.17, 15) is 13.2 Å². The molecule has 2 aromatic carbocycles. The Labute approximate surface area is 243 Å². The molecule has 3 heterocycles. The van der Waals surface area contributed by atoms with Crippen molar-refractivity contribution in [1.29, 1.82) is 0 Å². The molecule has 1 aliphatic heterocycles. The van der Waals surface area contributed by atoms with Gasteiger partial charge in [0.15, 0.2) is 38.2 Å². The van der Waals surface area contributed by atoms with Crippen molar-refractivity contribution in [2.75, 3.05) is 43.5 Å². The van der Waals surface area contributed by atoms with E-state index >= 15 is 0 Å². The van der Waals surface area contributed by atoms with Crippen LogP contribution < -0.4 is 20.3 Å². The van der Waals surface area contributed by atoms with E-state index in [0.717, 1.165) is 36.8 Å². The van der Waals surface area contributed by atoms with Crippen LogP contribution in [-0.2, 0) is 15.6 Å². The minimum atomic E-state index is -3.62. The van der Waals surface area contributed by atoms with Crippen molar-refractivity contribution in [3.05, 3.63) is 71.4 Å². The molecule has 5 rings (SSSR count). The molecule has 3 N–H and O–H groups in total. The Morgan fingerprint density at radius 2 is 1.85 bits per heavy atom. The predicted molar refractivity (Wildman–Crippen MR) is 158 cm³/mol. The Morgan fingerprint density at radius 1 is 1.10 bits per heavy atom. The molecule has 0 aliphatic carbocycles. The van der Waals surface area contributed by atoms with Crippen LogP contribution in [0.3, 0.4) is 0 Å². The maximum atomic E-state index is 13.1. The van der Waals surface area contributed by atoms with Crippen LogP contribution >= 0.6 is 11.8 Å². The maximum Gasteiger partial charge on any atom is 0.204 e. The lowest BCUT2D eigenvalue weighted by Crippen LogP contribution is -2.44. The fraction of sp³-hybridized carbons (Fsp3) is 0.286. The number of aromatic amines is 1. The summed E-state index contributed by atoms with van der Waals surface area (Å²) in [5.41, 5.74) is 1.95. The number of nitrogens with one attached hydrogen (secondary N) is 3. The van der Waals surface area contributed by atoms with Crippen molar-refractivity contribution in [3.63, 3.8) is 0 Å². The molecule has 1 aliphatic rings. The lowest BCUT2D eigenvalue weighted by Gasteiger charge is -2.30. The molecule has 1 saturated heterocycles.